The Morgan fingerprint density at radius 2 is 1.79 bits per heavy atom. The zero-order valence-corrected chi connectivity index (χ0v) is 18.8. The van der Waals surface area contributed by atoms with E-state index in [-0.39, 0.29) is 11.3 Å². The molecule has 6 rings (SSSR count). The smallest absolute Gasteiger partial charge is 0.253 e. The molecule has 0 atom stereocenters. The Kier molecular flexibility index (Phi) is 5.12. The molecular formula is C28H24N4O2. The van der Waals surface area contributed by atoms with Gasteiger partial charge in [-0.3, -0.25) is 14.9 Å². The zero-order chi connectivity index (χ0) is 23.0. The van der Waals surface area contributed by atoms with Gasteiger partial charge in [0, 0.05) is 60.6 Å². The molecule has 34 heavy (non-hydrogen) atoms. The number of pyridine rings is 1. The van der Waals surface area contributed by atoms with Gasteiger partial charge in [0.05, 0.1) is 5.52 Å². The number of aromatic amines is 1. The molecule has 2 aliphatic heterocycles. The number of carbonyl (C=O) groups is 1. The molecule has 0 aliphatic carbocycles. The molecule has 2 saturated heterocycles. The van der Waals surface area contributed by atoms with Gasteiger partial charge in [0.15, 0.2) is 0 Å². The third-order valence-corrected chi connectivity index (χ3v) is 6.94. The molecule has 0 bridgehead atoms. The Morgan fingerprint density at radius 3 is 2.62 bits per heavy atom. The van der Waals surface area contributed by atoms with Crippen LogP contribution in [0.25, 0.3) is 22.0 Å². The van der Waals surface area contributed by atoms with E-state index in [2.05, 4.69) is 33.1 Å². The summed E-state index contributed by atoms with van der Waals surface area (Å²) in [5, 5.41) is 8.32. The van der Waals surface area contributed by atoms with Crippen LogP contribution in [0.4, 0.5) is 0 Å². The van der Waals surface area contributed by atoms with E-state index in [1.165, 1.54) is 0 Å². The highest BCUT2D eigenvalue weighted by Gasteiger charge is 2.45. The molecule has 2 aliphatic rings. The second-order valence-electron chi connectivity index (χ2n) is 9.14. The monoisotopic (exact) mass is 448 g/mol. The van der Waals surface area contributed by atoms with E-state index in [0.717, 1.165) is 66.7 Å². The lowest BCUT2D eigenvalue weighted by atomic mass is 9.73. The van der Waals surface area contributed by atoms with Crippen LogP contribution in [0.2, 0.25) is 0 Å². The molecule has 0 radical (unpaired) electrons. The third-order valence-electron chi connectivity index (χ3n) is 6.94. The van der Waals surface area contributed by atoms with Gasteiger partial charge < -0.3 is 9.64 Å². The molecule has 6 heteroatoms. The number of nitrogens with zero attached hydrogens (tertiary/aromatic N) is 3. The molecule has 4 heterocycles. The molecule has 0 saturated carbocycles. The number of H-pyrrole nitrogens is 1. The van der Waals surface area contributed by atoms with Crippen molar-refractivity contribution >= 4 is 16.8 Å². The Labute approximate surface area is 198 Å². The number of fused-ring (bicyclic) bond motifs is 1. The summed E-state index contributed by atoms with van der Waals surface area (Å²) in [5.74, 6) is 6.57. The van der Waals surface area contributed by atoms with Gasteiger partial charge in [0.25, 0.3) is 5.91 Å². The number of ether oxygens (including phenoxy) is 1. The van der Waals surface area contributed by atoms with Gasteiger partial charge in [-0.15, -0.1) is 0 Å². The van der Waals surface area contributed by atoms with Crippen LogP contribution >= 0.6 is 0 Å². The highest BCUT2D eigenvalue weighted by molar-refractivity contribution is 5.99. The summed E-state index contributed by atoms with van der Waals surface area (Å²) in [6, 6.07) is 17.7. The molecule has 168 valence electrons. The molecule has 2 aromatic heterocycles. The van der Waals surface area contributed by atoms with Crippen LogP contribution in [-0.2, 0) is 4.74 Å². The number of likely N-dealkylation sites (tertiary alicyclic amines) is 1. The van der Waals surface area contributed by atoms with Gasteiger partial charge in [-0.05, 0) is 66.3 Å². The van der Waals surface area contributed by atoms with Crippen molar-refractivity contribution < 1.29 is 9.53 Å². The van der Waals surface area contributed by atoms with E-state index >= 15 is 0 Å². The number of amides is 1. The van der Waals surface area contributed by atoms with Crippen molar-refractivity contribution in [2.24, 2.45) is 5.41 Å². The van der Waals surface area contributed by atoms with Crippen molar-refractivity contribution in [1.29, 1.82) is 0 Å². The van der Waals surface area contributed by atoms with E-state index in [9.17, 15) is 4.79 Å². The van der Waals surface area contributed by atoms with Crippen molar-refractivity contribution in [3.05, 3.63) is 83.8 Å². The number of rotatable bonds is 2. The molecule has 2 aromatic carbocycles. The van der Waals surface area contributed by atoms with Gasteiger partial charge in [-0.25, -0.2) is 0 Å². The fourth-order valence-electron chi connectivity index (χ4n) is 4.95. The molecule has 1 N–H and O–H groups in total. The molecular weight excluding hydrogens is 424 g/mol. The highest BCUT2D eigenvalue weighted by atomic mass is 16.5. The fourth-order valence-corrected chi connectivity index (χ4v) is 4.95. The summed E-state index contributed by atoms with van der Waals surface area (Å²) < 4.78 is 5.49. The SMILES string of the molecule is O=C(c1ccc2[nH]nc(C#Cc3ccccc3-c3ccncc3)c2c1)N1CC2(CCOCC2)C1. The van der Waals surface area contributed by atoms with Gasteiger partial charge in [0.2, 0.25) is 0 Å². The minimum Gasteiger partial charge on any atom is -0.381 e. The molecule has 1 amide bonds. The average molecular weight is 449 g/mol. The van der Waals surface area contributed by atoms with Gasteiger partial charge in [-0.2, -0.15) is 5.10 Å². The van der Waals surface area contributed by atoms with Gasteiger partial charge in [-0.1, -0.05) is 24.1 Å². The van der Waals surface area contributed by atoms with E-state index in [1.807, 2.05) is 53.4 Å². The van der Waals surface area contributed by atoms with Crippen LogP contribution in [0.5, 0.6) is 0 Å². The van der Waals surface area contributed by atoms with Crippen LogP contribution in [0.3, 0.4) is 0 Å². The third kappa shape index (κ3) is 3.74. The lowest BCUT2D eigenvalue weighted by Gasteiger charge is -2.52. The minimum atomic E-state index is 0.0714. The highest BCUT2D eigenvalue weighted by Crippen LogP contribution is 2.40. The first-order valence-corrected chi connectivity index (χ1v) is 11.6. The number of hydrogen-bond donors (Lipinski definition) is 1. The summed E-state index contributed by atoms with van der Waals surface area (Å²) in [4.78, 5) is 19.2. The van der Waals surface area contributed by atoms with E-state index in [1.54, 1.807) is 12.4 Å². The normalized spacial score (nSPS) is 16.6. The van der Waals surface area contributed by atoms with E-state index in [0.29, 0.717) is 11.3 Å². The minimum absolute atomic E-state index is 0.0714. The lowest BCUT2D eigenvalue weighted by molar-refractivity contribution is -0.0666. The molecule has 0 unspecified atom stereocenters. The number of aromatic nitrogens is 3. The topological polar surface area (TPSA) is 71.1 Å². The van der Waals surface area contributed by atoms with Crippen molar-refractivity contribution in [1.82, 2.24) is 20.1 Å². The second-order valence-corrected chi connectivity index (χ2v) is 9.14. The Bertz CT molecular complexity index is 1420. The first kappa shape index (κ1) is 20.6. The molecule has 6 nitrogen and oxygen atoms in total. The van der Waals surface area contributed by atoms with Crippen molar-refractivity contribution in [3.8, 4) is 23.0 Å². The van der Waals surface area contributed by atoms with Crippen LogP contribution < -0.4 is 0 Å². The van der Waals surface area contributed by atoms with Crippen LogP contribution in [0.1, 0.15) is 34.5 Å². The first-order chi connectivity index (χ1) is 16.7. The number of carbonyl (C=O) groups excluding carboxylic acids is 1. The fraction of sp³-hybridized carbons (Fsp3) is 0.250. The Morgan fingerprint density at radius 1 is 1.00 bits per heavy atom. The average Bonchev–Trinajstić information content (AvgIpc) is 3.29. The van der Waals surface area contributed by atoms with Gasteiger partial charge >= 0.3 is 0 Å². The summed E-state index contributed by atoms with van der Waals surface area (Å²) in [5.41, 5.74) is 5.47. The quantitative estimate of drug-likeness (QED) is 0.465. The van der Waals surface area contributed by atoms with Crippen molar-refractivity contribution in [3.63, 3.8) is 0 Å². The summed E-state index contributed by atoms with van der Waals surface area (Å²) >= 11 is 0. The maximum atomic E-state index is 13.1. The Hall–Kier alpha value is -3.95. The number of nitrogens with one attached hydrogen (secondary N) is 1. The molecule has 1 spiro atoms. The van der Waals surface area contributed by atoms with E-state index in [4.69, 9.17) is 4.74 Å². The maximum Gasteiger partial charge on any atom is 0.253 e. The number of benzene rings is 2. The van der Waals surface area contributed by atoms with Crippen molar-refractivity contribution in [2.45, 2.75) is 12.8 Å². The predicted octanol–water partition coefficient (Wildman–Crippen LogP) is 4.28. The standard InChI is InChI=1S/C28H24N4O2/c33-27(32-18-28(19-32)11-15-34-16-12-28)22-6-8-26-24(17-22)25(30-31-26)7-5-20-3-1-2-4-23(20)21-9-13-29-14-10-21/h1-4,6,8-10,13-14,17H,11-12,15-16,18-19H2,(H,30,31). The predicted molar refractivity (Wildman–Crippen MR) is 130 cm³/mol. The number of hydrogen-bond acceptors (Lipinski definition) is 4. The van der Waals surface area contributed by atoms with Crippen LogP contribution in [0.15, 0.2) is 67.0 Å². The largest absolute Gasteiger partial charge is 0.381 e. The summed E-state index contributed by atoms with van der Waals surface area (Å²) in [6.45, 7) is 3.23. The summed E-state index contributed by atoms with van der Waals surface area (Å²) in [6.07, 6.45) is 5.64. The molecule has 4 aromatic rings. The maximum absolute atomic E-state index is 13.1. The van der Waals surface area contributed by atoms with Crippen LogP contribution in [-0.4, -0.2) is 52.3 Å². The van der Waals surface area contributed by atoms with Gasteiger partial charge in [0.1, 0.15) is 5.69 Å². The molecule has 2 fully saturated rings. The van der Waals surface area contributed by atoms with Crippen LogP contribution in [0, 0.1) is 17.3 Å². The Balaban J connectivity index is 1.27. The zero-order valence-electron chi connectivity index (χ0n) is 18.8. The van der Waals surface area contributed by atoms with E-state index < -0.39 is 0 Å². The van der Waals surface area contributed by atoms with Crippen molar-refractivity contribution in [2.75, 3.05) is 26.3 Å². The summed E-state index contributed by atoms with van der Waals surface area (Å²) in [7, 11) is 0. The second kappa shape index (κ2) is 8.44. The lowest BCUT2D eigenvalue weighted by Crippen LogP contribution is -2.60. The first-order valence-electron chi connectivity index (χ1n) is 11.6.